The molecular formula is C16H13NO4S3. The number of para-hydroxylation sites is 1. The number of nitrogens with zero attached hydrogens (tertiary/aromatic N) is 1. The monoisotopic (exact) mass is 379 g/mol. The highest BCUT2D eigenvalue weighted by atomic mass is 32.2. The van der Waals surface area contributed by atoms with Crippen LogP contribution in [0.2, 0.25) is 0 Å². The van der Waals surface area contributed by atoms with E-state index >= 15 is 0 Å². The van der Waals surface area contributed by atoms with E-state index < -0.39 is 15.5 Å². The summed E-state index contributed by atoms with van der Waals surface area (Å²) in [6.07, 6.45) is 0.653. The Morgan fingerprint density at radius 2 is 2.12 bits per heavy atom. The van der Waals surface area contributed by atoms with Gasteiger partial charge in [0.1, 0.15) is 5.58 Å². The number of sulfone groups is 1. The van der Waals surface area contributed by atoms with Gasteiger partial charge in [0.15, 0.2) is 14.2 Å². The Morgan fingerprint density at radius 3 is 2.92 bits per heavy atom. The first kappa shape index (κ1) is 15.9. The average molecular weight is 379 g/mol. The number of aromatic nitrogens is 1. The lowest BCUT2D eigenvalue weighted by Crippen LogP contribution is -2.06. The van der Waals surface area contributed by atoms with Crippen molar-refractivity contribution in [3.63, 3.8) is 0 Å². The summed E-state index contributed by atoms with van der Waals surface area (Å²) in [6, 6.07) is 9.12. The maximum atomic E-state index is 12.2. The van der Waals surface area contributed by atoms with Gasteiger partial charge in [-0.1, -0.05) is 30.0 Å². The standard InChI is InChI=1S/C16H13NO4S3/c18-15-12(7-10-3-1-2-4-14(10)21-15)13-8-22-16(17-13)23-11-5-6-24(19,20)9-11/h1-4,7-8,11H,5-6,9H2/t11-/m0/s1. The van der Waals surface area contributed by atoms with Gasteiger partial charge in [-0.3, -0.25) is 0 Å². The Balaban J connectivity index is 1.63. The molecule has 3 heterocycles. The van der Waals surface area contributed by atoms with Crippen molar-refractivity contribution in [1.82, 2.24) is 4.98 Å². The Kier molecular flexibility index (Phi) is 3.98. The van der Waals surface area contributed by atoms with Crippen LogP contribution in [0, 0.1) is 0 Å². The number of benzene rings is 1. The summed E-state index contributed by atoms with van der Waals surface area (Å²) >= 11 is 2.90. The van der Waals surface area contributed by atoms with E-state index in [0.717, 1.165) is 9.73 Å². The lowest BCUT2D eigenvalue weighted by atomic mass is 10.1. The van der Waals surface area contributed by atoms with Gasteiger partial charge in [0.25, 0.3) is 0 Å². The minimum Gasteiger partial charge on any atom is -0.422 e. The summed E-state index contributed by atoms with van der Waals surface area (Å²) in [5.41, 5.74) is 1.13. The first-order valence-corrected chi connectivity index (χ1v) is 10.9. The molecule has 1 aliphatic heterocycles. The molecule has 1 saturated heterocycles. The SMILES string of the molecule is O=c1oc2ccccc2cc1-c1csc(S[C@H]2CCS(=O)(=O)C2)n1. The van der Waals surface area contributed by atoms with Gasteiger partial charge in [0.05, 0.1) is 22.8 Å². The molecule has 0 bridgehead atoms. The molecule has 124 valence electrons. The summed E-state index contributed by atoms with van der Waals surface area (Å²) in [7, 11) is -2.90. The Hall–Kier alpha value is -1.64. The molecular weight excluding hydrogens is 366 g/mol. The number of thiazole rings is 1. The fraction of sp³-hybridized carbons (Fsp3) is 0.250. The van der Waals surface area contributed by atoms with Gasteiger partial charge < -0.3 is 4.42 Å². The lowest BCUT2D eigenvalue weighted by Gasteiger charge is -2.03. The molecule has 0 aliphatic carbocycles. The zero-order chi connectivity index (χ0) is 16.7. The van der Waals surface area contributed by atoms with Crippen molar-refractivity contribution in [3.8, 4) is 11.3 Å². The zero-order valence-electron chi connectivity index (χ0n) is 12.5. The Bertz CT molecular complexity index is 1070. The third kappa shape index (κ3) is 3.13. The van der Waals surface area contributed by atoms with Crippen molar-refractivity contribution in [2.75, 3.05) is 11.5 Å². The molecule has 0 saturated carbocycles. The highest BCUT2D eigenvalue weighted by Gasteiger charge is 2.29. The minimum atomic E-state index is -2.90. The van der Waals surface area contributed by atoms with Crippen LogP contribution in [0.3, 0.4) is 0 Å². The second-order valence-electron chi connectivity index (χ2n) is 5.63. The Morgan fingerprint density at radius 1 is 1.29 bits per heavy atom. The van der Waals surface area contributed by atoms with Gasteiger partial charge in [-0.2, -0.15) is 0 Å². The van der Waals surface area contributed by atoms with E-state index in [2.05, 4.69) is 4.98 Å². The molecule has 4 rings (SSSR count). The summed E-state index contributed by atoms with van der Waals surface area (Å²) in [5.74, 6) is 0.446. The Labute approximate surface area is 146 Å². The molecule has 24 heavy (non-hydrogen) atoms. The maximum Gasteiger partial charge on any atom is 0.345 e. The summed E-state index contributed by atoms with van der Waals surface area (Å²) in [4.78, 5) is 16.7. The molecule has 0 amide bonds. The van der Waals surface area contributed by atoms with Gasteiger partial charge in [-0.15, -0.1) is 11.3 Å². The second-order valence-corrected chi connectivity index (χ2v) is 10.3. The quantitative estimate of drug-likeness (QED) is 0.651. The van der Waals surface area contributed by atoms with Crippen LogP contribution in [-0.2, 0) is 9.84 Å². The van der Waals surface area contributed by atoms with Crippen molar-refractivity contribution in [2.45, 2.75) is 16.0 Å². The first-order valence-electron chi connectivity index (χ1n) is 7.36. The number of fused-ring (bicyclic) bond motifs is 1. The molecule has 1 fully saturated rings. The summed E-state index contributed by atoms with van der Waals surface area (Å²) < 4.78 is 29.2. The van der Waals surface area contributed by atoms with Crippen molar-refractivity contribution in [1.29, 1.82) is 0 Å². The fourth-order valence-electron chi connectivity index (χ4n) is 2.67. The van der Waals surface area contributed by atoms with Crippen LogP contribution in [0.5, 0.6) is 0 Å². The molecule has 5 nitrogen and oxygen atoms in total. The van der Waals surface area contributed by atoms with Gasteiger partial charge in [-0.25, -0.2) is 18.2 Å². The highest BCUT2D eigenvalue weighted by Crippen LogP contribution is 2.34. The molecule has 8 heteroatoms. The molecule has 0 spiro atoms. The summed E-state index contributed by atoms with van der Waals surface area (Å²) in [6.45, 7) is 0. The minimum absolute atomic E-state index is 0.0435. The van der Waals surface area contributed by atoms with Gasteiger partial charge in [0.2, 0.25) is 0 Å². The van der Waals surface area contributed by atoms with Crippen LogP contribution in [0.15, 0.2) is 49.3 Å². The fourth-order valence-corrected chi connectivity index (χ4v) is 7.25. The van der Waals surface area contributed by atoms with E-state index in [1.807, 2.05) is 23.6 Å². The van der Waals surface area contributed by atoms with Gasteiger partial charge in [0, 0.05) is 16.0 Å². The van der Waals surface area contributed by atoms with Crippen LogP contribution in [0.4, 0.5) is 0 Å². The summed E-state index contributed by atoms with van der Waals surface area (Å²) in [5, 5.41) is 2.70. The molecule has 2 aromatic heterocycles. The topological polar surface area (TPSA) is 77.2 Å². The molecule has 3 aromatic rings. The van der Waals surface area contributed by atoms with E-state index in [1.54, 1.807) is 12.1 Å². The van der Waals surface area contributed by atoms with Gasteiger partial charge >= 0.3 is 5.63 Å². The van der Waals surface area contributed by atoms with Crippen LogP contribution in [-0.4, -0.2) is 30.2 Å². The van der Waals surface area contributed by atoms with Crippen molar-refractivity contribution in [2.24, 2.45) is 0 Å². The number of hydrogen-bond donors (Lipinski definition) is 0. The molecule has 1 aromatic carbocycles. The third-order valence-electron chi connectivity index (χ3n) is 3.86. The van der Waals surface area contributed by atoms with E-state index in [0.29, 0.717) is 23.3 Å². The second kappa shape index (κ2) is 6.02. The van der Waals surface area contributed by atoms with E-state index in [9.17, 15) is 13.2 Å². The van der Waals surface area contributed by atoms with Crippen LogP contribution in [0.25, 0.3) is 22.2 Å². The molecule has 0 unspecified atom stereocenters. The number of rotatable bonds is 3. The molecule has 0 radical (unpaired) electrons. The largest absolute Gasteiger partial charge is 0.422 e. The predicted molar refractivity (Wildman–Crippen MR) is 96.5 cm³/mol. The van der Waals surface area contributed by atoms with Gasteiger partial charge in [-0.05, 0) is 18.6 Å². The third-order valence-corrected chi connectivity index (χ3v) is 8.08. The first-order chi connectivity index (χ1) is 11.5. The van der Waals surface area contributed by atoms with E-state index in [4.69, 9.17) is 4.42 Å². The van der Waals surface area contributed by atoms with Crippen molar-refractivity contribution >= 4 is 43.9 Å². The lowest BCUT2D eigenvalue weighted by molar-refractivity contribution is 0.563. The maximum absolute atomic E-state index is 12.2. The molecule has 0 N–H and O–H groups in total. The smallest absolute Gasteiger partial charge is 0.345 e. The average Bonchev–Trinajstić information content (AvgIpc) is 3.13. The van der Waals surface area contributed by atoms with Crippen LogP contribution in [0.1, 0.15) is 6.42 Å². The van der Waals surface area contributed by atoms with Crippen molar-refractivity contribution in [3.05, 3.63) is 46.1 Å². The van der Waals surface area contributed by atoms with E-state index in [-0.39, 0.29) is 16.8 Å². The molecule has 1 atom stereocenters. The van der Waals surface area contributed by atoms with Crippen LogP contribution >= 0.6 is 23.1 Å². The number of hydrogen-bond acceptors (Lipinski definition) is 7. The van der Waals surface area contributed by atoms with Crippen LogP contribution < -0.4 is 5.63 Å². The van der Waals surface area contributed by atoms with Crippen molar-refractivity contribution < 1.29 is 12.8 Å². The molecule has 1 aliphatic rings. The highest BCUT2D eigenvalue weighted by molar-refractivity contribution is 8.03. The zero-order valence-corrected chi connectivity index (χ0v) is 14.9. The number of thioether (sulfide) groups is 1. The van der Waals surface area contributed by atoms with E-state index in [1.165, 1.54) is 23.1 Å². The predicted octanol–water partition coefficient (Wildman–Crippen LogP) is 3.20. The normalized spacial score (nSPS) is 19.8.